The Hall–Kier alpha value is -2.73. The summed E-state index contributed by atoms with van der Waals surface area (Å²) in [6, 6.07) is 9.93. The van der Waals surface area contributed by atoms with Crippen LogP contribution in [0.2, 0.25) is 5.02 Å². The van der Waals surface area contributed by atoms with E-state index in [1.54, 1.807) is 36.4 Å². The van der Waals surface area contributed by atoms with Crippen molar-refractivity contribution in [3.05, 3.63) is 52.5 Å². The maximum absolute atomic E-state index is 12.2. The third-order valence-electron chi connectivity index (χ3n) is 3.67. The number of fused-ring (bicyclic) bond motifs is 1. The number of ether oxygens (including phenoxy) is 3. The van der Waals surface area contributed by atoms with Crippen molar-refractivity contribution in [1.29, 1.82) is 0 Å². The molecule has 1 heterocycles. The number of rotatable bonds is 4. The zero-order valence-corrected chi connectivity index (χ0v) is 15.0. The van der Waals surface area contributed by atoms with E-state index in [-0.39, 0.29) is 12.5 Å². The van der Waals surface area contributed by atoms with Gasteiger partial charge in [-0.2, -0.15) is 0 Å². The van der Waals surface area contributed by atoms with Crippen LogP contribution >= 0.6 is 11.6 Å². The van der Waals surface area contributed by atoms with Crippen molar-refractivity contribution in [3.8, 4) is 11.5 Å². The number of hydrogen-bond donors (Lipinski definition) is 1. The van der Waals surface area contributed by atoms with Gasteiger partial charge in [0.1, 0.15) is 6.61 Å². The summed E-state index contributed by atoms with van der Waals surface area (Å²) in [5.41, 5.74) is 1.71. The normalized spacial score (nSPS) is 12.8. The predicted molar refractivity (Wildman–Crippen MR) is 96.9 cm³/mol. The van der Waals surface area contributed by atoms with Gasteiger partial charge >= 0.3 is 5.97 Å². The fourth-order valence-electron chi connectivity index (χ4n) is 2.49. The monoisotopic (exact) mass is 375 g/mol. The zero-order chi connectivity index (χ0) is 18.5. The molecule has 0 atom stereocenters. The predicted octanol–water partition coefficient (Wildman–Crippen LogP) is 3.82. The molecule has 6 nitrogen and oxygen atoms in total. The van der Waals surface area contributed by atoms with E-state index in [0.717, 1.165) is 6.42 Å². The van der Waals surface area contributed by atoms with E-state index in [4.69, 9.17) is 25.8 Å². The van der Waals surface area contributed by atoms with Crippen molar-refractivity contribution in [3.63, 3.8) is 0 Å². The maximum atomic E-state index is 12.2. The van der Waals surface area contributed by atoms with Gasteiger partial charge in [0.2, 0.25) is 5.91 Å². The first-order valence-electron chi connectivity index (χ1n) is 8.16. The Kier molecular flexibility index (Phi) is 5.63. The van der Waals surface area contributed by atoms with Crippen LogP contribution < -0.4 is 14.8 Å². The summed E-state index contributed by atoms with van der Waals surface area (Å²) in [6.45, 7) is 2.58. The molecule has 1 aliphatic heterocycles. The van der Waals surface area contributed by atoms with Crippen LogP contribution in [0.5, 0.6) is 11.5 Å². The second-order valence-electron chi connectivity index (χ2n) is 5.79. The first kappa shape index (κ1) is 18.1. The van der Waals surface area contributed by atoms with E-state index in [0.29, 0.717) is 46.5 Å². The molecule has 1 amide bonds. The van der Waals surface area contributed by atoms with Crippen LogP contribution in [0.3, 0.4) is 0 Å². The van der Waals surface area contributed by atoms with Crippen molar-refractivity contribution < 1.29 is 23.8 Å². The molecule has 7 heteroatoms. The molecule has 1 N–H and O–H groups in total. The maximum Gasteiger partial charge on any atom is 0.338 e. The molecule has 0 bridgehead atoms. The van der Waals surface area contributed by atoms with E-state index >= 15 is 0 Å². The number of benzene rings is 2. The molecule has 2 aromatic carbocycles. The second kappa shape index (κ2) is 8.10. The highest BCUT2D eigenvalue weighted by atomic mass is 35.5. The molecular weight excluding hydrogens is 358 g/mol. The molecule has 0 unspecified atom stereocenters. The van der Waals surface area contributed by atoms with Crippen LogP contribution in [0, 0.1) is 0 Å². The summed E-state index contributed by atoms with van der Waals surface area (Å²) >= 11 is 6.23. The van der Waals surface area contributed by atoms with E-state index in [2.05, 4.69) is 5.32 Å². The highest BCUT2D eigenvalue weighted by molar-refractivity contribution is 6.32. The lowest BCUT2D eigenvalue weighted by molar-refractivity contribution is -0.114. The minimum atomic E-state index is -0.470. The molecule has 0 aliphatic carbocycles. The van der Waals surface area contributed by atoms with Gasteiger partial charge in [-0.05, 0) is 42.0 Å². The topological polar surface area (TPSA) is 73.9 Å². The van der Waals surface area contributed by atoms with Gasteiger partial charge in [-0.15, -0.1) is 0 Å². The van der Waals surface area contributed by atoms with Gasteiger partial charge in [0.05, 0.1) is 23.8 Å². The Balaban J connectivity index is 1.65. The molecule has 136 valence electrons. The number of esters is 1. The Morgan fingerprint density at radius 2 is 1.88 bits per heavy atom. The van der Waals surface area contributed by atoms with Gasteiger partial charge in [0, 0.05) is 19.0 Å². The lowest BCUT2D eigenvalue weighted by Crippen LogP contribution is -2.08. The van der Waals surface area contributed by atoms with Gasteiger partial charge in [0.25, 0.3) is 0 Å². The molecule has 0 aromatic heterocycles. The number of hydrogen-bond acceptors (Lipinski definition) is 5. The number of anilines is 1. The van der Waals surface area contributed by atoms with E-state index in [9.17, 15) is 9.59 Å². The molecule has 26 heavy (non-hydrogen) atoms. The van der Waals surface area contributed by atoms with Crippen LogP contribution in [0.15, 0.2) is 36.4 Å². The SMILES string of the molecule is CC(=O)Nc1ccc(C(=O)OCc2cc(Cl)c3c(c2)OCCCO3)cc1. The highest BCUT2D eigenvalue weighted by Crippen LogP contribution is 2.38. The van der Waals surface area contributed by atoms with Crippen LogP contribution in [0.25, 0.3) is 0 Å². The average molecular weight is 376 g/mol. The first-order chi connectivity index (χ1) is 12.5. The number of halogens is 1. The molecular formula is C19H18ClNO5. The number of carbonyl (C=O) groups excluding carboxylic acids is 2. The third-order valence-corrected chi connectivity index (χ3v) is 3.95. The fraction of sp³-hybridized carbons (Fsp3) is 0.263. The van der Waals surface area contributed by atoms with Crippen LogP contribution in [0.1, 0.15) is 29.3 Å². The summed E-state index contributed by atoms with van der Waals surface area (Å²) < 4.78 is 16.5. The number of nitrogens with one attached hydrogen (secondary N) is 1. The van der Waals surface area contributed by atoms with Crippen molar-refractivity contribution in [1.82, 2.24) is 0 Å². The minimum absolute atomic E-state index is 0.0582. The number of carbonyl (C=O) groups is 2. The summed E-state index contributed by atoms with van der Waals surface area (Å²) in [5, 5.41) is 3.06. The Labute approximate surface area is 156 Å². The standard InChI is InChI=1S/C19H18ClNO5/c1-12(22)21-15-5-3-14(4-6-15)19(23)26-11-13-9-16(20)18-17(10-13)24-7-2-8-25-18/h3-6,9-10H,2,7-8,11H2,1H3,(H,21,22). The lowest BCUT2D eigenvalue weighted by Gasteiger charge is -2.12. The van der Waals surface area contributed by atoms with E-state index < -0.39 is 5.97 Å². The fourth-order valence-corrected chi connectivity index (χ4v) is 2.78. The summed E-state index contributed by atoms with van der Waals surface area (Å²) in [6.07, 6.45) is 0.782. The lowest BCUT2D eigenvalue weighted by atomic mass is 10.2. The molecule has 2 aromatic rings. The number of amides is 1. The molecule has 3 rings (SSSR count). The van der Waals surface area contributed by atoms with Crippen LogP contribution in [-0.4, -0.2) is 25.1 Å². The van der Waals surface area contributed by atoms with Gasteiger partial charge in [-0.25, -0.2) is 4.79 Å². The van der Waals surface area contributed by atoms with Crippen molar-refractivity contribution in [2.45, 2.75) is 20.0 Å². The van der Waals surface area contributed by atoms with E-state index in [1.165, 1.54) is 6.92 Å². The van der Waals surface area contributed by atoms with E-state index in [1.807, 2.05) is 0 Å². The largest absolute Gasteiger partial charge is 0.489 e. The minimum Gasteiger partial charge on any atom is -0.489 e. The van der Waals surface area contributed by atoms with Crippen molar-refractivity contribution in [2.75, 3.05) is 18.5 Å². The zero-order valence-electron chi connectivity index (χ0n) is 14.2. The molecule has 0 spiro atoms. The smallest absolute Gasteiger partial charge is 0.338 e. The van der Waals surface area contributed by atoms with Crippen molar-refractivity contribution in [2.24, 2.45) is 0 Å². The van der Waals surface area contributed by atoms with Crippen LogP contribution in [-0.2, 0) is 16.1 Å². The highest BCUT2D eigenvalue weighted by Gasteiger charge is 2.16. The Morgan fingerprint density at radius 3 is 2.62 bits per heavy atom. The summed E-state index contributed by atoms with van der Waals surface area (Å²) in [7, 11) is 0. The summed E-state index contributed by atoms with van der Waals surface area (Å²) in [4.78, 5) is 23.2. The van der Waals surface area contributed by atoms with Gasteiger partial charge < -0.3 is 19.5 Å². The first-order valence-corrected chi connectivity index (χ1v) is 8.53. The molecule has 0 saturated heterocycles. The molecule has 0 fully saturated rings. The molecule has 0 saturated carbocycles. The summed E-state index contributed by atoms with van der Waals surface area (Å²) in [5.74, 6) is 0.433. The Bertz CT molecular complexity index is 819. The van der Waals surface area contributed by atoms with Gasteiger partial charge in [-0.1, -0.05) is 11.6 Å². The van der Waals surface area contributed by atoms with Gasteiger partial charge in [0.15, 0.2) is 11.5 Å². The second-order valence-corrected chi connectivity index (χ2v) is 6.20. The molecule has 1 aliphatic rings. The molecule has 0 radical (unpaired) electrons. The van der Waals surface area contributed by atoms with Crippen molar-refractivity contribution >= 4 is 29.2 Å². The quantitative estimate of drug-likeness (QED) is 0.822. The third kappa shape index (κ3) is 4.46. The Morgan fingerprint density at radius 1 is 1.15 bits per heavy atom. The van der Waals surface area contributed by atoms with Gasteiger partial charge in [-0.3, -0.25) is 4.79 Å². The average Bonchev–Trinajstić information content (AvgIpc) is 2.85. The van der Waals surface area contributed by atoms with Crippen LogP contribution in [0.4, 0.5) is 5.69 Å².